The van der Waals surface area contributed by atoms with Gasteiger partial charge in [0.25, 0.3) is 0 Å². The van der Waals surface area contributed by atoms with Crippen LogP contribution in [0.4, 0.5) is 10.1 Å². The van der Waals surface area contributed by atoms with E-state index in [0.29, 0.717) is 0 Å². The van der Waals surface area contributed by atoms with Crippen molar-refractivity contribution in [3.8, 4) is 0 Å². The van der Waals surface area contributed by atoms with Crippen molar-refractivity contribution in [2.45, 2.75) is 19.4 Å². The molecule has 1 atom stereocenters. The molecule has 0 saturated carbocycles. The molecule has 7 heteroatoms. The molecule has 5 nitrogen and oxygen atoms in total. The number of para-hydroxylation sites is 1. The molecule has 0 bridgehead atoms. The smallest absolute Gasteiger partial charge is 0.244 e. The average Bonchev–Trinajstić information content (AvgIpc) is 2.42. The minimum Gasteiger partial charge on any atom is -0.351 e. The second-order valence-electron chi connectivity index (χ2n) is 4.47. The van der Waals surface area contributed by atoms with Crippen molar-refractivity contribution < 1.29 is 17.6 Å². The predicted molar refractivity (Wildman–Crippen MR) is 81.0 cm³/mol. The molecule has 1 amide bonds. The van der Waals surface area contributed by atoms with Crippen molar-refractivity contribution in [2.24, 2.45) is 0 Å². The minimum absolute atomic E-state index is 0.138. The Morgan fingerprint density at radius 2 is 2.10 bits per heavy atom. The summed E-state index contributed by atoms with van der Waals surface area (Å²) in [5, 5.41) is 2.54. The molecule has 0 saturated heterocycles. The summed E-state index contributed by atoms with van der Waals surface area (Å²) < 4.78 is 38.8. The van der Waals surface area contributed by atoms with Crippen LogP contribution in [-0.2, 0) is 14.8 Å². The molecule has 1 N–H and O–H groups in total. The predicted octanol–water partition coefficient (Wildman–Crippen LogP) is 1.67. The molecule has 0 heterocycles. The Labute approximate surface area is 124 Å². The quantitative estimate of drug-likeness (QED) is 0.779. The van der Waals surface area contributed by atoms with E-state index in [9.17, 15) is 17.6 Å². The number of nitrogens with zero attached hydrogens (tertiary/aromatic N) is 1. The first-order valence-electron chi connectivity index (χ1n) is 6.45. The average molecular weight is 314 g/mol. The zero-order valence-corrected chi connectivity index (χ0v) is 12.9. The topological polar surface area (TPSA) is 66.5 Å². The summed E-state index contributed by atoms with van der Waals surface area (Å²) in [6.07, 6.45) is 2.64. The van der Waals surface area contributed by atoms with Crippen LogP contribution in [0.3, 0.4) is 0 Å². The summed E-state index contributed by atoms with van der Waals surface area (Å²) >= 11 is 0. The Morgan fingerprint density at radius 1 is 1.48 bits per heavy atom. The molecule has 0 aromatic heterocycles. The first-order chi connectivity index (χ1) is 9.82. The van der Waals surface area contributed by atoms with E-state index in [4.69, 9.17) is 0 Å². The minimum atomic E-state index is -3.82. The van der Waals surface area contributed by atoms with E-state index in [-0.39, 0.29) is 18.7 Å². The lowest BCUT2D eigenvalue weighted by atomic mass is 10.2. The lowest BCUT2D eigenvalue weighted by Gasteiger charge is -2.30. The fourth-order valence-electron chi connectivity index (χ4n) is 1.96. The van der Waals surface area contributed by atoms with Crippen molar-refractivity contribution in [1.82, 2.24) is 5.32 Å². The second kappa shape index (κ2) is 7.21. The van der Waals surface area contributed by atoms with Gasteiger partial charge < -0.3 is 5.32 Å². The van der Waals surface area contributed by atoms with E-state index < -0.39 is 27.8 Å². The lowest BCUT2D eigenvalue weighted by Crippen LogP contribution is -2.49. The zero-order chi connectivity index (χ0) is 16.0. The molecule has 116 valence electrons. The van der Waals surface area contributed by atoms with Crippen LogP contribution >= 0.6 is 0 Å². The van der Waals surface area contributed by atoms with Gasteiger partial charge in [-0.05, 0) is 18.6 Å². The third-order valence-corrected chi connectivity index (χ3v) is 4.01. The van der Waals surface area contributed by atoms with E-state index in [1.165, 1.54) is 24.3 Å². The summed E-state index contributed by atoms with van der Waals surface area (Å²) in [5.41, 5.74) is -0.138. The molecule has 1 aromatic rings. The fraction of sp³-hybridized carbons (Fsp3) is 0.357. The Kier molecular flexibility index (Phi) is 5.90. The van der Waals surface area contributed by atoms with Crippen molar-refractivity contribution in [3.63, 3.8) is 0 Å². The number of hydrogen-bond donors (Lipinski definition) is 1. The van der Waals surface area contributed by atoms with Crippen LogP contribution in [0.1, 0.15) is 13.3 Å². The molecule has 0 aliphatic heterocycles. The lowest BCUT2D eigenvalue weighted by molar-refractivity contribution is -0.122. The van der Waals surface area contributed by atoms with Gasteiger partial charge in [-0.25, -0.2) is 12.8 Å². The van der Waals surface area contributed by atoms with E-state index in [2.05, 4.69) is 11.9 Å². The third kappa shape index (κ3) is 4.29. The second-order valence-corrected chi connectivity index (χ2v) is 6.33. The van der Waals surface area contributed by atoms with Crippen LogP contribution in [-0.4, -0.2) is 33.2 Å². The summed E-state index contributed by atoms with van der Waals surface area (Å²) in [5.74, 6) is -1.19. The molecule has 0 aliphatic rings. The number of sulfonamides is 1. The standard InChI is InChI=1S/C14H19FN2O3S/c1-4-10-16-14(18)12(5-2)17(21(3,19)20)13-9-7-6-8-11(13)15/h4,6-9,12H,1,5,10H2,2-3H3,(H,16,18). The molecule has 1 unspecified atom stereocenters. The number of rotatable bonds is 7. The highest BCUT2D eigenvalue weighted by atomic mass is 32.2. The molecule has 21 heavy (non-hydrogen) atoms. The Hall–Kier alpha value is -1.89. The first-order valence-corrected chi connectivity index (χ1v) is 8.30. The van der Waals surface area contributed by atoms with Crippen molar-refractivity contribution >= 4 is 21.6 Å². The largest absolute Gasteiger partial charge is 0.351 e. The van der Waals surface area contributed by atoms with E-state index in [1.54, 1.807) is 6.92 Å². The summed E-state index contributed by atoms with van der Waals surface area (Å²) in [7, 11) is -3.82. The van der Waals surface area contributed by atoms with Crippen LogP contribution in [0.25, 0.3) is 0 Å². The maximum Gasteiger partial charge on any atom is 0.244 e. The van der Waals surface area contributed by atoms with Gasteiger partial charge in [-0.1, -0.05) is 25.1 Å². The molecule has 0 spiro atoms. The normalized spacial score (nSPS) is 12.5. The number of amides is 1. The van der Waals surface area contributed by atoms with Gasteiger partial charge in [0.15, 0.2) is 0 Å². The molecule has 0 radical (unpaired) electrons. The molecule has 0 aliphatic carbocycles. The summed E-state index contributed by atoms with van der Waals surface area (Å²) in [6, 6.07) is 4.45. The molecule has 1 aromatic carbocycles. The Bertz CT molecular complexity index is 616. The monoisotopic (exact) mass is 314 g/mol. The van der Waals surface area contributed by atoms with E-state index >= 15 is 0 Å². The zero-order valence-electron chi connectivity index (χ0n) is 12.0. The highest BCUT2D eigenvalue weighted by molar-refractivity contribution is 7.92. The summed E-state index contributed by atoms with van der Waals surface area (Å²) in [4.78, 5) is 12.1. The Morgan fingerprint density at radius 3 is 2.57 bits per heavy atom. The van der Waals surface area contributed by atoms with Gasteiger partial charge in [0.2, 0.25) is 15.9 Å². The molecule has 1 rings (SSSR count). The van der Waals surface area contributed by atoms with Crippen molar-refractivity contribution in [2.75, 3.05) is 17.1 Å². The number of hydrogen-bond acceptors (Lipinski definition) is 3. The highest BCUT2D eigenvalue weighted by Crippen LogP contribution is 2.25. The number of carbonyl (C=O) groups is 1. The number of carbonyl (C=O) groups excluding carboxylic acids is 1. The van der Waals surface area contributed by atoms with Crippen LogP contribution < -0.4 is 9.62 Å². The van der Waals surface area contributed by atoms with E-state index in [0.717, 1.165) is 16.6 Å². The van der Waals surface area contributed by atoms with Crippen LogP contribution in [0, 0.1) is 5.82 Å². The van der Waals surface area contributed by atoms with Crippen molar-refractivity contribution in [1.29, 1.82) is 0 Å². The third-order valence-electron chi connectivity index (χ3n) is 2.84. The van der Waals surface area contributed by atoms with Gasteiger partial charge in [0, 0.05) is 6.54 Å². The number of anilines is 1. The van der Waals surface area contributed by atoms with Gasteiger partial charge >= 0.3 is 0 Å². The van der Waals surface area contributed by atoms with E-state index in [1.807, 2.05) is 0 Å². The maximum atomic E-state index is 13.9. The van der Waals surface area contributed by atoms with Crippen LogP contribution in [0.15, 0.2) is 36.9 Å². The van der Waals surface area contributed by atoms with Gasteiger partial charge in [-0.15, -0.1) is 6.58 Å². The van der Waals surface area contributed by atoms with Gasteiger partial charge in [-0.3, -0.25) is 9.10 Å². The van der Waals surface area contributed by atoms with Gasteiger partial charge in [-0.2, -0.15) is 0 Å². The number of halogens is 1. The molecule has 0 fully saturated rings. The van der Waals surface area contributed by atoms with Gasteiger partial charge in [0.05, 0.1) is 11.9 Å². The van der Waals surface area contributed by atoms with Crippen LogP contribution in [0.5, 0.6) is 0 Å². The summed E-state index contributed by atoms with van der Waals surface area (Å²) in [6.45, 7) is 5.35. The highest BCUT2D eigenvalue weighted by Gasteiger charge is 2.32. The molecular weight excluding hydrogens is 295 g/mol. The number of benzene rings is 1. The fourth-order valence-corrected chi connectivity index (χ4v) is 3.17. The van der Waals surface area contributed by atoms with Crippen molar-refractivity contribution in [3.05, 3.63) is 42.7 Å². The maximum absolute atomic E-state index is 13.9. The molecular formula is C14H19FN2O3S. The SMILES string of the molecule is C=CCNC(=O)C(CC)N(c1ccccc1F)S(C)(=O)=O. The van der Waals surface area contributed by atoms with Crippen LogP contribution in [0.2, 0.25) is 0 Å². The number of nitrogens with one attached hydrogen (secondary N) is 1. The Balaban J connectivity index is 3.28. The first kappa shape index (κ1) is 17.2. The van der Waals surface area contributed by atoms with Gasteiger partial charge in [0.1, 0.15) is 11.9 Å².